The molecule has 5 nitrogen and oxygen atoms in total. The van der Waals surface area contributed by atoms with Crippen LogP contribution >= 0.6 is 0 Å². The second kappa shape index (κ2) is 9.76. The average Bonchev–Trinajstić information content (AvgIpc) is 2.67. The average molecular weight is 348 g/mol. The van der Waals surface area contributed by atoms with Crippen molar-refractivity contribution in [1.29, 1.82) is 10.5 Å². The number of nitrogens with zero attached hydrogens (tertiary/aromatic N) is 2. The molecule has 0 aliphatic carbocycles. The lowest BCUT2D eigenvalue weighted by molar-refractivity contribution is 0.283. The Bertz CT molecular complexity index is 827. The van der Waals surface area contributed by atoms with E-state index in [9.17, 15) is 0 Å². The number of rotatable bonds is 8. The molecule has 0 spiro atoms. The Morgan fingerprint density at radius 1 is 0.885 bits per heavy atom. The van der Waals surface area contributed by atoms with Gasteiger partial charge in [-0.15, -0.1) is 0 Å². The molecule has 26 heavy (non-hydrogen) atoms. The van der Waals surface area contributed by atoms with Crippen molar-refractivity contribution in [3.05, 3.63) is 59.2 Å². The van der Waals surface area contributed by atoms with Crippen LogP contribution in [0.2, 0.25) is 0 Å². The number of allylic oxidation sites excluding steroid dienone is 1. The first kappa shape index (κ1) is 18.9. The SMILES string of the molecule is CCOc1ccc(COc2ccc(C=C(C#N)C#N)cc2)cc1OCC. The van der Waals surface area contributed by atoms with Crippen molar-refractivity contribution in [2.45, 2.75) is 20.5 Å². The molecule has 0 N–H and O–H groups in total. The van der Waals surface area contributed by atoms with E-state index in [1.54, 1.807) is 24.3 Å². The molecule has 2 aromatic carbocycles. The molecule has 0 aliphatic heterocycles. The Kier molecular flexibility index (Phi) is 7.09. The molecule has 0 aromatic heterocycles. The minimum Gasteiger partial charge on any atom is -0.490 e. The van der Waals surface area contributed by atoms with E-state index in [0.29, 0.717) is 31.3 Å². The Hall–Kier alpha value is -3.44. The zero-order chi connectivity index (χ0) is 18.8. The minimum absolute atomic E-state index is 0.0662. The van der Waals surface area contributed by atoms with Crippen molar-refractivity contribution >= 4 is 6.08 Å². The third-order valence-electron chi connectivity index (χ3n) is 3.45. The molecule has 0 aliphatic rings. The van der Waals surface area contributed by atoms with Crippen LogP contribution in [-0.4, -0.2) is 13.2 Å². The monoisotopic (exact) mass is 348 g/mol. The second-order valence-electron chi connectivity index (χ2n) is 5.29. The fourth-order valence-corrected chi connectivity index (χ4v) is 2.27. The van der Waals surface area contributed by atoms with Crippen LogP contribution in [0.4, 0.5) is 0 Å². The lowest BCUT2D eigenvalue weighted by Gasteiger charge is -2.13. The summed E-state index contributed by atoms with van der Waals surface area (Å²) in [4.78, 5) is 0. The van der Waals surface area contributed by atoms with Gasteiger partial charge in [0.2, 0.25) is 0 Å². The molecular formula is C21H20N2O3. The first-order valence-corrected chi connectivity index (χ1v) is 8.33. The van der Waals surface area contributed by atoms with Crippen molar-refractivity contribution in [2.75, 3.05) is 13.2 Å². The normalized spacial score (nSPS) is 9.54. The van der Waals surface area contributed by atoms with Gasteiger partial charge in [0.15, 0.2) is 11.5 Å². The maximum atomic E-state index is 8.78. The molecule has 0 fully saturated rings. The summed E-state index contributed by atoms with van der Waals surface area (Å²) in [5.41, 5.74) is 1.81. The van der Waals surface area contributed by atoms with Gasteiger partial charge in [0.25, 0.3) is 0 Å². The predicted octanol–water partition coefficient (Wildman–Crippen LogP) is 4.49. The van der Waals surface area contributed by atoms with Crippen molar-refractivity contribution in [3.8, 4) is 29.4 Å². The predicted molar refractivity (Wildman–Crippen MR) is 98.8 cm³/mol. The van der Waals surface area contributed by atoms with Crippen LogP contribution in [0.5, 0.6) is 17.2 Å². The first-order chi connectivity index (χ1) is 12.7. The summed E-state index contributed by atoms with van der Waals surface area (Å²) in [6, 6.07) is 16.6. The highest BCUT2D eigenvalue weighted by Gasteiger charge is 2.07. The number of benzene rings is 2. The van der Waals surface area contributed by atoms with Crippen LogP contribution in [0.3, 0.4) is 0 Å². The molecule has 2 rings (SSSR count). The summed E-state index contributed by atoms with van der Waals surface area (Å²) in [5, 5.41) is 17.6. The Labute approximate surface area is 153 Å². The van der Waals surface area contributed by atoms with Gasteiger partial charge >= 0.3 is 0 Å². The van der Waals surface area contributed by atoms with Gasteiger partial charge in [-0.25, -0.2) is 0 Å². The van der Waals surface area contributed by atoms with Gasteiger partial charge in [-0.05, 0) is 55.3 Å². The summed E-state index contributed by atoms with van der Waals surface area (Å²) in [6.45, 7) is 5.40. The fourth-order valence-electron chi connectivity index (χ4n) is 2.27. The van der Waals surface area contributed by atoms with E-state index in [1.165, 1.54) is 6.08 Å². The molecule has 0 bridgehead atoms. The maximum Gasteiger partial charge on any atom is 0.161 e. The molecule has 5 heteroatoms. The molecule has 0 radical (unpaired) electrons. The standard InChI is InChI=1S/C21H20N2O3/c1-3-24-20-10-7-17(12-21(20)25-4-2)15-26-19-8-5-16(6-9-19)11-18(13-22)14-23/h5-12H,3-4,15H2,1-2H3. The van der Waals surface area contributed by atoms with Gasteiger partial charge in [-0.2, -0.15) is 10.5 Å². The number of nitriles is 2. The second-order valence-corrected chi connectivity index (χ2v) is 5.29. The highest BCUT2D eigenvalue weighted by Crippen LogP contribution is 2.29. The van der Waals surface area contributed by atoms with Crippen LogP contribution in [-0.2, 0) is 6.61 Å². The van der Waals surface area contributed by atoms with Gasteiger partial charge < -0.3 is 14.2 Å². The maximum absolute atomic E-state index is 8.78. The first-order valence-electron chi connectivity index (χ1n) is 8.33. The molecule has 2 aromatic rings. The van der Waals surface area contributed by atoms with Crippen LogP contribution in [0.15, 0.2) is 48.0 Å². The third kappa shape index (κ3) is 5.29. The van der Waals surface area contributed by atoms with E-state index >= 15 is 0 Å². The lowest BCUT2D eigenvalue weighted by atomic mass is 10.1. The van der Waals surface area contributed by atoms with Crippen molar-refractivity contribution in [3.63, 3.8) is 0 Å². The van der Waals surface area contributed by atoms with E-state index in [2.05, 4.69) is 0 Å². The molecule has 0 unspecified atom stereocenters. The largest absolute Gasteiger partial charge is 0.490 e. The number of ether oxygens (including phenoxy) is 3. The Morgan fingerprint density at radius 3 is 2.15 bits per heavy atom. The van der Waals surface area contributed by atoms with Gasteiger partial charge in [0.05, 0.1) is 13.2 Å². The molecular weight excluding hydrogens is 328 g/mol. The van der Waals surface area contributed by atoms with Crippen LogP contribution in [0.25, 0.3) is 6.08 Å². The molecule has 0 atom stereocenters. The number of hydrogen-bond acceptors (Lipinski definition) is 5. The van der Waals surface area contributed by atoms with E-state index in [0.717, 1.165) is 16.9 Å². The van der Waals surface area contributed by atoms with Crippen molar-refractivity contribution < 1.29 is 14.2 Å². The van der Waals surface area contributed by atoms with E-state index in [-0.39, 0.29) is 5.57 Å². The third-order valence-corrected chi connectivity index (χ3v) is 3.45. The summed E-state index contributed by atoms with van der Waals surface area (Å²) in [6.07, 6.45) is 1.53. The van der Waals surface area contributed by atoms with Crippen LogP contribution in [0, 0.1) is 22.7 Å². The summed E-state index contributed by atoms with van der Waals surface area (Å²) < 4.78 is 17.0. The van der Waals surface area contributed by atoms with Gasteiger partial charge in [-0.3, -0.25) is 0 Å². The zero-order valence-corrected chi connectivity index (χ0v) is 14.9. The molecule has 0 amide bonds. The van der Waals surface area contributed by atoms with Crippen molar-refractivity contribution in [1.82, 2.24) is 0 Å². The number of hydrogen-bond donors (Lipinski definition) is 0. The summed E-state index contributed by atoms with van der Waals surface area (Å²) in [5.74, 6) is 2.13. The van der Waals surface area contributed by atoms with Gasteiger partial charge in [0, 0.05) is 0 Å². The minimum atomic E-state index is 0.0662. The lowest BCUT2D eigenvalue weighted by Crippen LogP contribution is -2.01. The quantitative estimate of drug-likeness (QED) is 0.657. The van der Waals surface area contributed by atoms with Crippen LogP contribution in [0.1, 0.15) is 25.0 Å². The summed E-state index contributed by atoms with van der Waals surface area (Å²) in [7, 11) is 0. The van der Waals surface area contributed by atoms with E-state index in [1.807, 2.05) is 44.2 Å². The summed E-state index contributed by atoms with van der Waals surface area (Å²) >= 11 is 0. The molecule has 0 saturated heterocycles. The van der Waals surface area contributed by atoms with Gasteiger partial charge in [0.1, 0.15) is 30.1 Å². The smallest absolute Gasteiger partial charge is 0.161 e. The highest BCUT2D eigenvalue weighted by molar-refractivity contribution is 5.62. The van der Waals surface area contributed by atoms with Crippen molar-refractivity contribution in [2.24, 2.45) is 0 Å². The molecule has 132 valence electrons. The fraction of sp³-hybridized carbons (Fsp3) is 0.238. The van der Waals surface area contributed by atoms with Gasteiger partial charge in [-0.1, -0.05) is 18.2 Å². The highest BCUT2D eigenvalue weighted by atomic mass is 16.5. The zero-order valence-electron chi connectivity index (χ0n) is 14.9. The molecule has 0 saturated carbocycles. The Morgan fingerprint density at radius 2 is 1.54 bits per heavy atom. The Balaban J connectivity index is 2.04. The topological polar surface area (TPSA) is 75.3 Å². The molecule has 0 heterocycles. The van der Waals surface area contributed by atoms with Crippen LogP contribution < -0.4 is 14.2 Å². The van der Waals surface area contributed by atoms with E-state index < -0.39 is 0 Å². The van der Waals surface area contributed by atoms with E-state index in [4.69, 9.17) is 24.7 Å².